The molecule has 0 amide bonds. The zero-order valence-electron chi connectivity index (χ0n) is 21.6. The number of aliphatic hydroxyl groups is 2. The number of fused-ring (bicyclic) bond motifs is 5. The van der Waals surface area contributed by atoms with Gasteiger partial charge in [-0.2, -0.15) is 0 Å². The number of hydrogen-bond acceptors (Lipinski definition) is 18. The van der Waals surface area contributed by atoms with Gasteiger partial charge >= 0.3 is 15.0 Å². The molecule has 43 heavy (non-hydrogen) atoms. The van der Waals surface area contributed by atoms with E-state index in [9.17, 15) is 19.7 Å². The van der Waals surface area contributed by atoms with Crippen LogP contribution in [-0.2, 0) is 43.9 Å². The third-order valence-electron chi connectivity index (χ3n) is 7.15. The molecule has 0 aliphatic carbocycles. The summed E-state index contributed by atoms with van der Waals surface area (Å²) in [6, 6.07) is 0. The van der Waals surface area contributed by atoms with E-state index in [4.69, 9.17) is 50.8 Å². The van der Waals surface area contributed by atoms with Gasteiger partial charge in [0.05, 0.1) is 19.3 Å². The number of ether oxygens (including phenoxy) is 2. The van der Waals surface area contributed by atoms with Crippen molar-refractivity contribution in [3.63, 3.8) is 0 Å². The SMILES string of the molecule is Nc1ncnc2c1ncn2[C@@H]1O[C@@H]2COP(O)(=S)O[C@@H]3C(O)[C@@H](CO[P+](=O)O[C@H]2[C@H]1O)O[C@H]3n1cnc2c(N)ncnc21. The van der Waals surface area contributed by atoms with Gasteiger partial charge in [0.25, 0.3) is 0 Å². The number of nitrogens with two attached hydrogens (primary N) is 2. The molecule has 2 bridgehead atoms. The molecule has 7 rings (SSSR count). The normalized spacial score (nSPS) is 36.3. The fourth-order valence-corrected chi connectivity index (χ4v) is 7.34. The van der Waals surface area contributed by atoms with Gasteiger partial charge < -0.3 is 40.6 Å². The van der Waals surface area contributed by atoms with Crippen molar-refractivity contribution in [2.45, 2.75) is 49.1 Å². The minimum atomic E-state index is -4.14. The molecule has 0 radical (unpaired) electrons. The third kappa shape index (κ3) is 5.06. The maximum absolute atomic E-state index is 12.9. The monoisotopic (exact) mass is 657 g/mol. The number of nitrogen functional groups attached to an aromatic ring is 2. The van der Waals surface area contributed by atoms with E-state index in [1.807, 2.05) is 0 Å². The van der Waals surface area contributed by atoms with Crippen LogP contribution in [0.25, 0.3) is 22.3 Å². The highest BCUT2D eigenvalue weighted by Gasteiger charge is 2.54. The maximum atomic E-state index is 12.9. The molecular formula is C20H23N10O10P2S+. The van der Waals surface area contributed by atoms with E-state index in [1.165, 1.54) is 34.4 Å². The molecule has 7 N–H and O–H groups in total. The van der Waals surface area contributed by atoms with E-state index in [0.717, 1.165) is 0 Å². The molecule has 3 saturated heterocycles. The molecule has 20 nitrogen and oxygen atoms in total. The smallest absolute Gasteiger partial charge is 0.387 e. The van der Waals surface area contributed by atoms with Gasteiger partial charge in [-0.05, 0) is 11.8 Å². The van der Waals surface area contributed by atoms with Crippen molar-refractivity contribution in [3.8, 4) is 0 Å². The Balaban J connectivity index is 1.18. The molecule has 10 atom stereocenters. The van der Waals surface area contributed by atoms with Crippen molar-refractivity contribution in [3.05, 3.63) is 25.3 Å². The molecule has 3 fully saturated rings. The lowest BCUT2D eigenvalue weighted by molar-refractivity contribution is -0.0591. The van der Waals surface area contributed by atoms with E-state index in [2.05, 4.69) is 29.9 Å². The summed E-state index contributed by atoms with van der Waals surface area (Å²) in [5.74, 6) is 0.225. The number of rotatable bonds is 2. The molecule has 3 aliphatic heterocycles. The van der Waals surface area contributed by atoms with Crippen LogP contribution in [0, 0.1) is 0 Å². The molecule has 3 aliphatic rings. The predicted molar refractivity (Wildman–Crippen MR) is 145 cm³/mol. The van der Waals surface area contributed by atoms with Crippen LogP contribution >= 0.6 is 15.0 Å². The molecule has 23 heteroatoms. The standard InChI is InChI=1S/C20H22N10O10P2S/c21-15-9-17(25-3-23-15)29(5-27-9)19-12(32)13-8(38-19)2-36-42(34,43)40-14-11(31)7(1-35-41(33)39-13)37-20(14)30-6-28-10-16(22)24-4-26-18(10)30/h3-8,11-14,19-20,31-32H,1-2H2,(H4-,21,22,23,24,25,26,34,43)/p+1/t7-,8-,11?,12-,13-,14-,19-,20-,42?/m1/s1. The minimum Gasteiger partial charge on any atom is -0.387 e. The van der Waals surface area contributed by atoms with Crippen LogP contribution in [0.15, 0.2) is 25.3 Å². The summed E-state index contributed by atoms with van der Waals surface area (Å²) in [5.41, 5.74) is 12.8. The number of aliphatic hydroxyl groups excluding tert-OH is 2. The van der Waals surface area contributed by atoms with Gasteiger partial charge in [-0.25, -0.2) is 29.9 Å². The molecule has 0 spiro atoms. The number of hydrogen-bond donors (Lipinski definition) is 5. The number of imidazole rings is 2. The lowest BCUT2D eigenvalue weighted by Crippen LogP contribution is -2.35. The summed E-state index contributed by atoms with van der Waals surface area (Å²) < 4.78 is 50.0. The van der Waals surface area contributed by atoms with Crippen molar-refractivity contribution in [2.75, 3.05) is 24.7 Å². The highest BCUT2D eigenvalue weighted by atomic mass is 32.5. The molecule has 228 valence electrons. The predicted octanol–water partition coefficient (Wildman–Crippen LogP) is -0.961. The van der Waals surface area contributed by atoms with Crippen molar-refractivity contribution in [2.24, 2.45) is 0 Å². The Morgan fingerprint density at radius 3 is 2.12 bits per heavy atom. The largest absolute Gasteiger partial charge is 0.697 e. The minimum absolute atomic E-state index is 0.109. The lowest BCUT2D eigenvalue weighted by Gasteiger charge is -2.26. The van der Waals surface area contributed by atoms with E-state index < -0.39 is 77.3 Å². The van der Waals surface area contributed by atoms with Crippen molar-refractivity contribution < 1.29 is 47.2 Å². The van der Waals surface area contributed by atoms with E-state index in [-0.39, 0.29) is 34.0 Å². The van der Waals surface area contributed by atoms with Gasteiger partial charge in [0.1, 0.15) is 60.8 Å². The first-order valence-corrected chi connectivity index (χ1v) is 16.3. The van der Waals surface area contributed by atoms with Crippen molar-refractivity contribution in [1.29, 1.82) is 0 Å². The topological polar surface area (TPSA) is 272 Å². The molecular weight excluding hydrogens is 634 g/mol. The van der Waals surface area contributed by atoms with Crippen LogP contribution < -0.4 is 11.5 Å². The number of nitrogens with zero attached hydrogens (tertiary/aromatic N) is 8. The van der Waals surface area contributed by atoms with E-state index in [1.54, 1.807) is 0 Å². The Labute approximate surface area is 246 Å². The molecule has 0 aromatic carbocycles. The van der Waals surface area contributed by atoms with Crippen LogP contribution in [0.2, 0.25) is 0 Å². The number of aromatic nitrogens is 8. The Morgan fingerprint density at radius 2 is 1.47 bits per heavy atom. The Hall–Kier alpha value is -2.91. The average Bonchev–Trinajstić information content (AvgIpc) is 3.73. The summed E-state index contributed by atoms with van der Waals surface area (Å²) in [5, 5.41) is 22.3. The first-order chi connectivity index (χ1) is 20.6. The van der Waals surface area contributed by atoms with Gasteiger partial charge in [-0.15, -0.1) is 9.05 Å². The van der Waals surface area contributed by atoms with Gasteiger partial charge in [0.2, 0.25) is 0 Å². The van der Waals surface area contributed by atoms with Gasteiger partial charge in [-0.3, -0.25) is 13.7 Å². The second kappa shape index (κ2) is 10.9. The Bertz CT molecular complexity index is 1760. The first-order valence-electron chi connectivity index (χ1n) is 12.6. The van der Waals surface area contributed by atoms with Crippen LogP contribution in [0.3, 0.4) is 0 Å². The fourth-order valence-electron chi connectivity index (χ4n) is 5.14. The summed E-state index contributed by atoms with van der Waals surface area (Å²) in [6.45, 7) is -5.06. The van der Waals surface area contributed by atoms with Crippen LogP contribution in [-0.4, -0.2) is 104 Å². The van der Waals surface area contributed by atoms with Gasteiger partial charge in [0.15, 0.2) is 41.5 Å². The van der Waals surface area contributed by atoms with E-state index in [0.29, 0.717) is 0 Å². The molecule has 0 saturated carbocycles. The second-order valence-corrected chi connectivity index (χ2v) is 13.4. The highest BCUT2D eigenvalue weighted by molar-refractivity contribution is 8.07. The molecule has 4 aromatic rings. The van der Waals surface area contributed by atoms with Crippen molar-refractivity contribution >= 4 is 60.7 Å². The maximum Gasteiger partial charge on any atom is 0.697 e. The summed E-state index contributed by atoms with van der Waals surface area (Å²) in [4.78, 5) is 35.5. The lowest BCUT2D eigenvalue weighted by atomic mass is 10.1. The summed E-state index contributed by atoms with van der Waals surface area (Å²) >= 11 is 5.26. The zero-order chi connectivity index (χ0) is 30.0. The fraction of sp³-hybridized carbons (Fsp3) is 0.500. The van der Waals surface area contributed by atoms with Crippen LogP contribution in [0.4, 0.5) is 11.6 Å². The summed E-state index contributed by atoms with van der Waals surface area (Å²) in [7, 11) is -2.90. The quantitative estimate of drug-likeness (QED) is 0.162. The summed E-state index contributed by atoms with van der Waals surface area (Å²) in [6.07, 6.45) is -4.94. The Morgan fingerprint density at radius 1 is 0.860 bits per heavy atom. The molecule has 3 unspecified atom stereocenters. The number of anilines is 2. The third-order valence-corrected chi connectivity index (χ3v) is 9.49. The Kier molecular flexibility index (Phi) is 7.32. The molecule has 4 aromatic heterocycles. The van der Waals surface area contributed by atoms with Gasteiger partial charge in [0, 0.05) is 4.57 Å². The second-order valence-electron chi connectivity index (χ2n) is 9.70. The van der Waals surface area contributed by atoms with E-state index >= 15 is 0 Å². The van der Waals surface area contributed by atoms with Gasteiger partial charge in [-0.1, -0.05) is 0 Å². The highest BCUT2D eigenvalue weighted by Crippen LogP contribution is 2.51. The van der Waals surface area contributed by atoms with Crippen LogP contribution in [0.5, 0.6) is 0 Å². The van der Waals surface area contributed by atoms with Crippen LogP contribution in [0.1, 0.15) is 12.5 Å². The molecule has 7 heterocycles. The average molecular weight is 657 g/mol. The van der Waals surface area contributed by atoms with Crippen molar-refractivity contribution in [1.82, 2.24) is 39.0 Å². The first kappa shape index (κ1) is 28.8. The zero-order valence-corrected chi connectivity index (χ0v) is 24.2.